The van der Waals surface area contributed by atoms with Crippen LogP contribution < -0.4 is 25.9 Å². The largest absolute Gasteiger partial charge is 0.458 e. The molecule has 6 heterocycles. The van der Waals surface area contributed by atoms with Crippen molar-refractivity contribution in [2.24, 2.45) is 7.05 Å². The van der Waals surface area contributed by atoms with Crippen molar-refractivity contribution in [2.45, 2.75) is 0 Å². The van der Waals surface area contributed by atoms with Crippen LogP contribution in [0.1, 0.15) is 0 Å². The maximum atomic E-state index is 7.27. The smallest absolute Gasteiger partial charge is 0.260 e. The lowest BCUT2D eigenvalue weighted by atomic mass is 9.34. The Labute approximate surface area is 313 Å². The zero-order valence-corrected chi connectivity index (χ0v) is 29.6. The van der Waals surface area contributed by atoms with E-state index in [1.165, 1.54) is 49.0 Å². The Hall–Kier alpha value is -7.18. The molecule has 4 aromatic heterocycles. The Morgan fingerprint density at radius 2 is 1.15 bits per heavy atom. The fraction of sp³-hybridized carbons (Fsp3) is 0.0204. The molecule has 0 fully saturated rings. The van der Waals surface area contributed by atoms with Gasteiger partial charge in [0.15, 0.2) is 11.3 Å². The van der Waals surface area contributed by atoms with Crippen LogP contribution in [0.15, 0.2) is 150 Å². The minimum atomic E-state index is -0.150. The molecule has 2 aliphatic rings. The van der Waals surface area contributed by atoms with Crippen LogP contribution in [0, 0.1) is 0 Å². The first kappa shape index (κ1) is 28.3. The first-order chi connectivity index (χ1) is 27.2. The molecule has 0 N–H and O–H groups in total. The third kappa shape index (κ3) is 3.30. The maximum Gasteiger partial charge on any atom is 0.260 e. The Morgan fingerprint density at radius 1 is 0.473 bits per heavy atom. The second-order valence-electron chi connectivity index (χ2n) is 15.2. The quantitative estimate of drug-likeness (QED) is 0.160. The van der Waals surface area contributed by atoms with Crippen molar-refractivity contribution in [3.8, 4) is 34.1 Å². The second kappa shape index (κ2) is 9.67. The summed E-state index contributed by atoms with van der Waals surface area (Å²) in [5.41, 5.74) is 13.0. The van der Waals surface area contributed by atoms with Gasteiger partial charge in [0.2, 0.25) is 0 Å². The average Bonchev–Trinajstić information content (AvgIpc) is 3.97. The van der Waals surface area contributed by atoms with Gasteiger partial charge < -0.3 is 22.9 Å². The molecule has 2 aliphatic heterocycles. The highest BCUT2D eigenvalue weighted by Crippen LogP contribution is 2.49. The summed E-state index contributed by atoms with van der Waals surface area (Å²) in [5, 5.41) is 9.34. The molecular weight excluding hydrogens is 675 g/mol. The number of aromatic nitrogens is 2. The molecule has 0 radical (unpaired) electrons. The normalized spacial score (nSPS) is 13.4. The molecule has 0 amide bonds. The van der Waals surface area contributed by atoms with Crippen LogP contribution in [0.5, 0.6) is 23.0 Å². The molecule has 0 saturated carbocycles. The lowest BCUT2D eigenvalue weighted by molar-refractivity contribution is 0.465. The van der Waals surface area contributed by atoms with Crippen LogP contribution in [0.2, 0.25) is 0 Å². The van der Waals surface area contributed by atoms with Gasteiger partial charge in [-0.2, -0.15) is 0 Å². The van der Waals surface area contributed by atoms with E-state index in [4.69, 9.17) is 13.9 Å². The first-order valence-corrected chi connectivity index (χ1v) is 18.9. The van der Waals surface area contributed by atoms with Crippen LogP contribution >= 0.6 is 0 Å². The van der Waals surface area contributed by atoms with Gasteiger partial charge in [0.1, 0.15) is 22.8 Å². The van der Waals surface area contributed by atoms with Crippen LogP contribution in [0.3, 0.4) is 0 Å². The molecule has 254 valence electrons. The Morgan fingerprint density at radius 3 is 2.04 bits per heavy atom. The number of aryl methyl sites for hydroxylation is 1. The van der Waals surface area contributed by atoms with E-state index in [0.717, 1.165) is 83.4 Å². The third-order valence-corrected chi connectivity index (χ3v) is 12.6. The maximum absolute atomic E-state index is 7.27. The van der Waals surface area contributed by atoms with E-state index in [9.17, 15) is 0 Å². The van der Waals surface area contributed by atoms with E-state index in [-0.39, 0.29) is 6.71 Å². The number of fused-ring (bicyclic) bond motifs is 18. The molecule has 0 saturated heterocycles. The number of para-hydroxylation sites is 6. The van der Waals surface area contributed by atoms with Crippen LogP contribution in [-0.2, 0) is 7.05 Å². The topological polar surface area (TPSA) is 40.9 Å². The SMILES string of the molecule is Cn1c2ccccc2c2cccc(-c3cccc4c3Oc3c5c(cc6c3oc3ccccc36)Oc3c(ccc6c3c3cccc7c8ccccc8n6c73)B45)c21. The fourth-order valence-electron chi connectivity index (χ4n) is 10.4. The predicted octanol–water partition coefficient (Wildman–Crippen LogP) is 10.8. The average molecular weight is 703 g/mol. The standard InChI is InChI=1S/C49H27BN2O3/c1-51-37-20-5-2-11-26(37)29-14-8-16-31(44(29)51)32-17-10-19-35-46(32)55-49-43-41(25-34-28-13-4-7-22-40(28)53-47(34)49)54-48-36(50(35)43)23-24-39-42(48)33-18-9-15-30-27-12-3-6-21-38(27)52(39)45(30)33/h2-25H,1H3. The van der Waals surface area contributed by atoms with E-state index in [1.807, 2.05) is 12.1 Å². The molecule has 0 atom stereocenters. The molecular formula is C49H27BN2O3. The fourth-order valence-corrected chi connectivity index (χ4v) is 10.4. The molecule has 0 aliphatic carbocycles. The molecule has 0 spiro atoms. The highest BCUT2D eigenvalue weighted by atomic mass is 16.5. The highest BCUT2D eigenvalue weighted by Gasteiger charge is 2.44. The van der Waals surface area contributed by atoms with Crippen molar-refractivity contribution in [2.75, 3.05) is 0 Å². The lowest BCUT2D eigenvalue weighted by Gasteiger charge is -2.34. The summed E-state index contributed by atoms with van der Waals surface area (Å²) in [6.07, 6.45) is 0. The number of rotatable bonds is 1. The van der Waals surface area contributed by atoms with Crippen LogP contribution in [0.4, 0.5) is 0 Å². The van der Waals surface area contributed by atoms with E-state index in [0.29, 0.717) is 0 Å². The summed E-state index contributed by atoms with van der Waals surface area (Å²) in [4.78, 5) is 0. The molecule has 8 aromatic carbocycles. The van der Waals surface area contributed by atoms with E-state index < -0.39 is 0 Å². The first-order valence-electron chi connectivity index (χ1n) is 18.9. The summed E-state index contributed by atoms with van der Waals surface area (Å²) in [7, 11) is 2.17. The van der Waals surface area contributed by atoms with Gasteiger partial charge in [0.05, 0.1) is 27.5 Å². The minimum Gasteiger partial charge on any atom is -0.458 e. The molecule has 5 nitrogen and oxygen atoms in total. The molecule has 6 heteroatoms. The van der Waals surface area contributed by atoms with Crippen molar-refractivity contribution >= 4 is 105 Å². The van der Waals surface area contributed by atoms with Gasteiger partial charge in [0, 0.05) is 66.9 Å². The van der Waals surface area contributed by atoms with Gasteiger partial charge in [-0.25, -0.2) is 0 Å². The number of benzene rings is 8. The summed E-state index contributed by atoms with van der Waals surface area (Å²) in [6.45, 7) is -0.150. The van der Waals surface area contributed by atoms with Gasteiger partial charge in [-0.1, -0.05) is 115 Å². The predicted molar refractivity (Wildman–Crippen MR) is 225 cm³/mol. The number of furan rings is 1. The summed E-state index contributed by atoms with van der Waals surface area (Å²) < 4.78 is 25.9. The van der Waals surface area contributed by atoms with Crippen molar-refractivity contribution in [3.63, 3.8) is 0 Å². The van der Waals surface area contributed by atoms with Crippen molar-refractivity contribution in [1.82, 2.24) is 8.97 Å². The lowest BCUT2D eigenvalue weighted by Crippen LogP contribution is -2.57. The zero-order chi connectivity index (χ0) is 35.7. The van der Waals surface area contributed by atoms with Gasteiger partial charge in [-0.3, -0.25) is 0 Å². The summed E-state index contributed by atoms with van der Waals surface area (Å²) >= 11 is 0. The number of hydrogen-bond acceptors (Lipinski definition) is 3. The van der Waals surface area contributed by atoms with E-state index in [2.05, 4.69) is 149 Å². The third-order valence-electron chi connectivity index (χ3n) is 12.6. The molecule has 55 heavy (non-hydrogen) atoms. The van der Waals surface area contributed by atoms with Crippen LogP contribution in [-0.4, -0.2) is 15.7 Å². The van der Waals surface area contributed by atoms with Crippen molar-refractivity contribution in [3.05, 3.63) is 146 Å². The Balaban J connectivity index is 1.11. The number of ether oxygens (including phenoxy) is 2. The van der Waals surface area contributed by atoms with Gasteiger partial charge in [-0.05, 0) is 41.3 Å². The van der Waals surface area contributed by atoms with Crippen molar-refractivity contribution < 1.29 is 13.9 Å². The van der Waals surface area contributed by atoms with Crippen molar-refractivity contribution in [1.29, 1.82) is 0 Å². The van der Waals surface area contributed by atoms with Gasteiger partial charge >= 0.3 is 0 Å². The van der Waals surface area contributed by atoms with Gasteiger partial charge in [-0.15, -0.1) is 0 Å². The highest BCUT2D eigenvalue weighted by molar-refractivity contribution is 6.98. The number of hydrogen-bond donors (Lipinski definition) is 0. The summed E-state index contributed by atoms with van der Waals surface area (Å²) in [5.74, 6) is 3.29. The van der Waals surface area contributed by atoms with Crippen LogP contribution in [0.25, 0.3) is 93.0 Å². The Bertz CT molecular complexity index is 3700. The van der Waals surface area contributed by atoms with E-state index >= 15 is 0 Å². The molecule has 12 aromatic rings. The molecule has 0 unspecified atom stereocenters. The number of nitrogens with zero attached hydrogens (tertiary/aromatic N) is 2. The monoisotopic (exact) mass is 702 g/mol. The minimum absolute atomic E-state index is 0.150. The molecule has 14 rings (SSSR count). The second-order valence-corrected chi connectivity index (χ2v) is 15.2. The Kier molecular flexibility index (Phi) is 4.98. The molecule has 0 bridgehead atoms. The summed E-state index contributed by atoms with van der Waals surface area (Å²) in [6, 6.07) is 52.3. The van der Waals surface area contributed by atoms with Gasteiger partial charge in [0.25, 0.3) is 6.71 Å². The van der Waals surface area contributed by atoms with E-state index in [1.54, 1.807) is 0 Å². The zero-order valence-electron chi connectivity index (χ0n) is 29.6.